The number of hydrogen-bond donors (Lipinski definition) is 2. The van der Waals surface area contributed by atoms with E-state index in [-0.39, 0.29) is 11.4 Å². The monoisotopic (exact) mass is 298 g/mol. The van der Waals surface area contributed by atoms with Crippen LogP contribution in [0.1, 0.15) is 0 Å². The second kappa shape index (κ2) is 5.42. The third kappa shape index (κ3) is 2.53. The number of halogens is 1. The lowest BCUT2D eigenvalue weighted by Gasteiger charge is -2.07. The number of hydrogen-bond acceptors (Lipinski definition) is 3. The van der Waals surface area contributed by atoms with Gasteiger partial charge in [0.25, 0.3) is 5.56 Å². The lowest BCUT2D eigenvalue weighted by Crippen LogP contribution is -2.12. The summed E-state index contributed by atoms with van der Waals surface area (Å²) in [6, 6.07) is 15.9. The smallest absolute Gasteiger partial charge is 0.262 e. The molecule has 0 aliphatic heterocycles. The second-order valence-electron chi connectivity index (χ2n) is 4.46. The van der Waals surface area contributed by atoms with Gasteiger partial charge in [0.15, 0.2) is 0 Å². The Balaban J connectivity index is 2.19. The molecule has 104 valence electrons. The van der Waals surface area contributed by atoms with Gasteiger partial charge >= 0.3 is 0 Å². The maximum absolute atomic E-state index is 12.3. The number of aromatic nitrogens is 2. The van der Waals surface area contributed by atoms with Gasteiger partial charge < -0.3 is 10.1 Å². The van der Waals surface area contributed by atoms with Gasteiger partial charge in [-0.05, 0) is 6.07 Å². The Bertz CT molecular complexity index is 844. The van der Waals surface area contributed by atoms with Crippen LogP contribution in [0.15, 0.2) is 59.4 Å². The quantitative estimate of drug-likeness (QED) is 0.761. The molecular weight excluding hydrogens is 288 g/mol. The fourth-order valence-corrected chi connectivity index (χ4v) is 2.33. The van der Waals surface area contributed by atoms with Crippen molar-refractivity contribution in [3.05, 3.63) is 70.0 Å². The molecule has 1 aromatic heterocycles. The van der Waals surface area contributed by atoms with Crippen molar-refractivity contribution in [2.24, 2.45) is 0 Å². The number of nitrogens with zero attached hydrogens (tertiary/aromatic N) is 1. The van der Waals surface area contributed by atoms with E-state index in [0.29, 0.717) is 16.4 Å². The van der Waals surface area contributed by atoms with Crippen LogP contribution in [0.25, 0.3) is 22.5 Å². The molecule has 0 saturated carbocycles. The zero-order valence-electron chi connectivity index (χ0n) is 10.9. The molecule has 0 unspecified atom stereocenters. The topological polar surface area (TPSA) is 66.0 Å². The third-order valence-corrected chi connectivity index (χ3v) is 3.42. The van der Waals surface area contributed by atoms with E-state index in [4.69, 9.17) is 11.6 Å². The molecule has 3 rings (SSSR count). The number of aromatic amines is 1. The summed E-state index contributed by atoms with van der Waals surface area (Å²) in [5.74, 6) is -0.0281. The highest BCUT2D eigenvalue weighted by Gasteiger charge is 2.15. The van der Waals surface area contributed by atoms with Crippen molar-refractivity contribution in [2.75, 3.05) is 0 Å². The summed E-state index contributed by atoms with van der Waals surface area (Å²) in [7, 11) is 0. The highest BCUT2D eigenvalue weighted by atomic mass is 35.5. The lowest BCUT2D eigenvalue weighted by atomic mass is 10.1. The molecule has 0 radical (unpaired) electrons. The summed E-state index contributed by atoms with van der Waals surface area (Å²) in [4.78, 5) is 19.0. The molecule has 1 heterocycles. The molecule has 0 fully saturated rings. The van der Waals surface area contributed by atoms with E-state index < -0.39 is 5.56 Å². The van der Waals surface area contributed by atoms with E-state index >= 15 is 0 Å². The van der Waals surface area contributed by atoms with Gasteiger partial charge in [0.1, 0.15) is 11.4 Å². The van der Waals surface area contributed by atoms with Gasteiger partial charge in [0, 0.05) is 16.1 Å². The van der Waals surface area contributed by atoms with Crippen molar-refractivity contribution in [3.63, 3.8) is 0 Å². The maximum Gasteiger partial charge on any atom is 0.262 e. The molecule has 4 nitrogen and oxygen atoms in total. The Morgan fingerprint density at radius 3 is 2.33 bits per heavy atom. The Kier molecular flexibility index (Phi) is 3.46. The van der Waals surface area contributed by atoms with E-state index in [1.165, 1.54) is 0 Å². The van der Waals surface area contributed by atoms with Crippen LogP contribution in [0.3, 0.4) is 0 Å². The summed E-state index contributed by atoms with van der Waals surface area (Å²) < 4.78 is 0. The van der Waals surface area contributed by atoms with Gasteiger partial charge in [-0.15, -0.1) is 0 Å². The number of aromatic hydroxyl groups is 1. The summed E-state index contributed by atoms with van der Waals surface area (Å²) in [5.41, 5.74) is 0.801. The molecule has 3 aromatic rings. The summed E-state index contributed by atoms with van der Waals surface area (Å²) in [6.45, 7) is 0. The molecule has 2 N–H and O–H groups in total. The molecule has 21 heavy (non-hydrogen) atoms. The first-order valence-corrected chi connectivity index (χ1v) is 6.68. The van der Waals surface area contributed by atoms with E-state index in [0.717, 1.165) is 5.56 Å². The standard InChI is InChI=1S/C16H11ClN2O2/c17-12-9-5-4-8-11(12)13-15(20)18-14(19-16(13)21)10-6-2-1-3-7-10/h1-9H,(H2,18,19,20,21). The lowest BCUT2D eigenvalue weighted by molar-refractivity contribution is 0.454. The normalized spacial score (nSPS) is 10.5. The number of H-pyrrole nitrogens is 1. The van der Waals surface area contributed by atoms with E-state index in [2.05, 4.69) is 9.97 Å². The predicted octanol–water partition coefficient (Wildman–Crippen LogP) is 3.46. The molecule has 0 aliphatic carbocycles. The molecular formula is C16H11ClN2O2. The molecule has 2 aromatic carbocycles. The van der Waals surface area contributed by atoms with Gasteiger partial charge in [-0.25, -0.2) is 0 Å². The zero-order chi connectivity index (χ0) is 14.8. The summed E-state index contributed by atoms with van der Waals surface area (Å²) in [6.07, 6.45) is 0. The zero-order valence-corrected chi connectivity index (χ0v) is 11.6. The first-order valence-electron chi connectivity index (χ1n) is 6.30. The number of benzene rings is 2. The van der Waals surface area contributed by atoms with Crippen molar-refractivity contribution >= 4 is 11.6 Å². The average molecular weight is 299 g/mol. The number of nitrogens with one attached hydrogen (secondary N) is 1. The van der Waals surface area contributed by atoms with E-state index in [1.807, 2.05) is 18.2 Å². The summed E-state index contributed by atoms with van der Waals surface area (Å²) >= 11 is 6.07. The SMILES string of the molecule is O=c1[nH]c(-c2ccccc2)nc(O)c1-c1ccccc1Cl. The fraction of sp³-hybridized carbons (Fsp3) is 0. The second-order valence-corrected chi connectivity index (χ2v) is 4.87. The summed E-state index contributed by atoms with van der Waals surface area (Å²) in [5, 5.41) is 10.5. The van der Waals surface area contributed by atoms with Crippen molar-refractivity contribution < 1.29 is 5.11 Å². The molecule has 0 atom stereocenters. The van der Waals surface area contributed by atoms with Crippen molar-refractivity contribution in [1.29, 1.82) is 0 Å². The average Bonchev–Trinajstić information content (AvgIpc) is 2.49. The first kappa shape index (κ1) is 13.4. The van der Waals surface area contributed by atoms with Crippen LogP contribution in [0.2, 0.25) is 5.02 Å². The minimum atomic E-state index is -0.436. The fourth-order valence-electron chi connectivity index (χ4n) is 2.10. The molecule has 0 aliphatic rings. The Morgan fingerprint density at radius 1 is 1.00 bits per heavy atom. The van der Waals surface area contributed by atoms with Gasteiger partial charge in [-0.3, -0.25) is 4.79 Å². The van der Waals surface area contributed by atoms with E-state index in [9.17, 15) is 9.90 Å². The van der Waals surface area contributed by atoms with E-state index in [1.54, 1.807) is 36.4 Å². The number of rotatable bonds is 2. The van der Waals surface area contributed by atoms with Crippen LogP contribution >= 0.6 is 11.6 Å². The van der Waals surface area contributed by atoms with Gasteiger partial charge in [-0.1, -0.05) is 60.1 Å². The highest BCUT2D eigenvalue weighted by Crippen LogP contribution is 2.30. The molecule has 0 spiro atoms. The Morgan fingerprint density at radius 2 is 1.67 bits per heavy atom. The van der Waals surface area contributed by atoms with Crippen LogP contribution in [-0.2, 0) is 0 Å². The van der Waals surface area contributed by atoms with Crippen molar-refractivity contribution in [3.8, 4) is 28.4 Å². The van der Waals surface area contributed by atoms with Crippen molar-refractivity contribution in [1.82, 2.24) is 9.97 Å². The molecule has 0 saturated heterocycles. The van der Waals surface area contributed by atoms with Crippen LogP contribution in [0.5, 0.6) is 5.88 Å². The predicted molar refractivity (Wildman–Crippen MR) is 82.4 cm³/mol. The highest BCUT2D eigenvalue weighted by molar-refractivity contribution is 6.33. The Labute approximate surface area is 125 Å². The van der Waals surface area contributed by atoms with Gasteiger partial charge in [-0.2, -0.15) is 4.98 Å². The van der Waals surface area contributed by atoms with Gasteiger partial charge in [0.05, 0.1) is 0 Å². The van der Waals surface area contributed by atoms with Crippen LogP contribution in [-0.4, -0.2) is 15.1 Å². The largest absolute Gasteiger partial charge is 0.493 e. The van der Waals surface area contributed by atoms with Crippen LogP contribution in [0.4, 0.5) is 0 Å². The minimum Gasteiger partial charge on any atom is -0.493 e. The van der Waals surface area contributed by atoms with Crippen molar-refractivity contribution in [2.45, 2.75) is 0 Å². The molecule has 0 amide bonds. The first-order chi connectivity index (χ1) is 10.2. The minimum absolute atomic E-state index is 0.0697. The Hall–Kier alpha value is -2.59. The third-order valence-electron chi connectivity index (χ3n) is 3.09. The molecule has 5 heteroatoms. The van der Waals surface area contributed by atoms with Crippen LogP contribution in [0, 0.1) is 0 Å². The maximum atomic E-state index is 12.3. The molecule has 0 bridgehead atoms. The van der Waals surface area contributed by atoms with Crippen LogP contribution < -0.4 is 5.56 Å². The van der Waals surface area contributed by atoms with Gasteiger partial charge in [0.2, 0.25) is 5.88 Å².